The Morgan fingerprint density at radius 1 is 1.44 bits per heavy atom. The molecule has 5 nitrogen and oxygen atoms in total. The molecule has 1 aliphatic carbocycles. The average Bonchev–Trinajstić information content (AvgIpc) is 2.89. The van der Waals surface area contributed by atoms with Crippen LogP contribution in [0.3, 0.4) is 0 Å². The maximum atomic E-state index is 11.7. The first kappa shape index (κ1) is 13.8. The Bertz CT molecular complexity index is 291. The van der Waals surface area contributed by atoms with Crippen molar-refractivity contribution in [3.8, 4) is 0 Å². The summed E-state index contributed by atoms with van der Waals surface area (Å²) in [5, 5.41) is 12.8. The van der Waals surface area contributed by atoms with Gasteiger partial charge >= 0.3 is 5.97 Å². The number of methoxy groups -OCH3 is 1. The zero-order valence-corrected chi connectivity index (χ0v) is 11.0. The summed E-state index contributed by atoms with van der Waals surface area (Å²) in [4.78, 5) is 11.7. The summed E-state index contributed by atoms with van der Waals surface area (Å²) in [5.74, 6) is -0.799. The van der Waals surface area contributed by atoms with E-state index in [0.717, 1.165) is 38.7 Å². The third-order valence-corrected chi connectivity index (χ3v) is 4.17. The van der Waals surface area contributed by atoms with Crippen molar-refractivity contribution in [3.05, 3.63) is 0 Å². The third-order valence-electron chi connectivity index (χ3n) is 4.17. The first-order valence-electron chi connectivity index (χ1n) is 6.82. The molecule has 3 unspecified atom stereocenters. The van der Waals surface area contributed by atoms with E-state index in [1.165, 1.54) is 0 Å². The number of carbonyl (C=O) groups is 1. The van der Waals surface area contributed by atoms with Crippen molar-refractivity contribution >= 4 is 5.97 Å². The number of aliphatic carboxylic acids is 1. The highest BCUT2D eigenvalue weighted by Gasteiger charge is 2.47. The zero-order valence-electron chi connectivity index (χ0n) is 11.0. The van der Waals surface area contributed by atoms with E-state index in [-0.39, 0.29) is 12.2 Å². The van der Waals surface area contributed by atoms with Crippen LogP contribution in [0.25, 0.3) is 0 Å². The SMILES string of the molecule is COC1CCCCC1(NCC1CCCO1)C(=O)O. The quantitative estimate of drug-likeness (QED) is 0.774. The molecule has 0 aromatic heterocycles. The molecule has 0 amide bonds. The molecule has 0 spiro atoms. The van der Waals surface area contributed by atoms with Gasteiger partial charge in [0.15, 0.2) is 0 Å². The van der Waals surface area contributed by atoms with Crippen molar-refractivity contribution in [1.82, 2.24) is 5.32 Å². The molecule has 104 valence electrons. The number of carboxylic acids is 1. The zero-order chi connectivity index (χ0) is 13.0. The maximum absolute atomic E-state index is 11.7. The third kappa shape index (κ3) is 2.68. The molecule has 2 fully saturated rings. The summed E-state index contributed by atoms with van der Waals surface area (Å²) >= 11 is 0. The Morgan fingerprint density at radius 3 is 2.89 bits per heavy atom. The Kier molecular flexibility index (Phi) is 4.59. The number of carboxylic acid groups (broad SMARTS) is 1. The number of hydrogen-bond acceptors (Lipinski definition) is 4. The standard InChI is InChI=1S/C13H23NO4/c1-17-11-6-2-3-7-13(11,12(15)16)14-9-10-5-4-8-18-10/h10-11,14H,2-9H2,1H3,(H,15,16). The summed E-state index contributed by atoms with van der Waals surface area (Å²) in [6.45, 7) is 1.40. The minimum Gasteiger partial charge on any atom is -0.480 e. The van der Waals surface area contributed by atoms with Crippen molar-refractivity contribution < 1.29 is 19.4 Å². The molecule has 1 saturated heterocycles. The van der Waals surface area contributed by atoms with E-state index in [1.807, 2.05) is 0 Å². The highest BCUT2D eigenvalue weighted by molar-refractivity contribution is 5.80. The summed E-state index contributed by atoms with van der Waals surface area (Å²) < 4.78 is 10.9. The Labute approximate surface area is 108 Å². The molecule has 1 heterocycles. The summed E-state index contributed by atoms with van der Waals surface area (Å²) in [6.07, 6.45) is 5.40. The first-order valence-corrected chi connectivity index (χ1v) is 6.82. The molecule has 18 heavy (non-hydrogen) atoms. The van der Waals surface area contributed by atoms with Crippen LogP contribution in [0.1, 0.15) is 38.5 Å². The molecule has 3 atom stereocenters. The van der Waals surface area contributed by atoms with E-state index in [1.54, 1.807) is 7.11 Å². The Balaban J connectivity index is 2.02. The van der Waals surface area contributed by atoms with Gasteiger partial charge in [-0.2, -0.15) is 0 Å². The van der Waals surface area contributed by atoms with E-state index in [9.17, 15) is 9.90 Å². The molecule has 5 heteroatoms. The lowest BCUT2D eigenvalue weighted by Gasteiger charge is -2.41. The molecular weight excluding hydrogens is 234 g/mol. The van der Waals surface area contributed by atoms with Crippen LogP contribution in [0, 0.1) is 0 Å². The van der Waals surface area contributed by atoms with E-state index >= 15 is 0 Å². The second-order valence-corrected chi connectivity index (χ2v) is 5.26. The molecule has 1 aliphatic heterocycles. The number of nitrogens with one attached hydrogen (secondary N) is 1. The van der Waals surface area contributed by atoms with Crippen LogP contribution < -0.4 is 5.32 Å². The van der Waals surface area contributed by atoms with Gasteiger partial charge in [0.2, 0.25) is 0 Å². The van der Waals surface area contributed by atoms with Gasteiger partial charge in [0.25, 0.3) is 0 Å². The van der Waals surface area contributed by atoms with Gasteiger partial charge in [0, 0.05) is 20.3 Å². The summed E-state index contributed by atoms with van der Waals surface area (Å²) in [7, 11) is 1.60. The molecule has 2 aliphatic rings. The predicted molar refractivity (Wildman–Crippen MR) is 66.6 cm³/mol. The molecule has 0 bridgehead atoms. The van der Waals surface area contributed by atoms with E-state index < -0.39 is 11.5 Å². The highest BCUT2D eigenvalue weighted by atomic mass is 16.5. The van der Waals surface area contributed by atoms with E-state index in [2.05, 4.69) is 5.32 Å². The van der Waals surface area contributed by atoms with Gasteiger partial charge in [0.05, 0.1) is 12.2 Å². The van der Waals surface area contributed by atoms with Crippen molar-refractivity contribution in [3.63, 3.8) is 0 Å². The first-order chi connectivity index (χ1) is 8.69. The van der Waals surface area contributed by atoms with Crippen molar-refractivity contribution in [2.24, 2.45) is 0 Å². The summed E-state index contributed by atoms with van der Waals surface area (Å²) in [5.41, 5.74) is -0.932. The van der Waals surface area contributed by atoms with Crippen LogP contribution in [0.2, 0.25) is 0 Å². The molecule has 2 N–H and O–H groups in total. The number of hydrogen-bond donors (Lipinski definition) is 2. The Hall–Kier alpha value is -0.650. The van der Waals surface area contributed by atoms with Crippen LogP contribution in [-0.2, 0) is 14.3 Å². The Morgan fingerprint density at radius 2 is 2.28 bits per heavy atom. The van der Waals surface area contributed by atoms with Crippen LogP contribution in [0.15, 0.2) is 0 Å². The van der Waals surface area contributed by atoms with Crippen LogP contribution in [0.4, 0.5) is 0 Å². The van der Waals surface area contributed by atoms with Crippen molar-refractivity contribution in [1.29, 1.82) is 0 Å². The van der Waals surface area contributed by atoms with Crippen LogP contribution >= 0.6 is 0 Å². The molecule has 1 saturated carbocycles. The molecule has 0 aromatic rings. The summed E-state index contributed by atoms with van der Waals surface area (Å²) in [6, 6.07) is 0. The van der Waals surface area contributed by atoms with Gasteiger partial charge < -0.3 is 14.6 Å². The lowest BCUT2D eigenvalue weighted by Crippen LogP contribution is -2.63. The second-order valence-electron chi connectivity index (χ2n) is 5.26. The van der Waals surface area contributed by atoms with E-state index in [0.29, 0.717) is 13.0 Å². The lowest BCUT2D eigenvalue weighted by molar-refractivity contribution is -0.154. The smallest absolute Gasteiger partial charge is 0.326 e. The number of rotatable bonds is 5. The van der Waals surface area contributed by atoms with Gasteiger partial charge in [-0.3, -0.25) is 10.1 Å². The fourth-order valence-electron chi connectivity index (χ4n) is 3.08. The van der Waals surface area contributed by atoms with Gasteiger partial charge in [0.1, 0.15) is 5.54 Å². The van der Waals surface area contributed by atoms with Crippen molar-refractivity contribution in [2.45, 2.75) is 56.3 Å². The molecular formula is C13H23NO4. The van der Waals surface area contributed by atoms with Gasteiger partial charge in [-0.15, -0.1) is 0 Å². The highest BCUT2D eigenvalue weighted by Crippen LogP contribution is 2.31. The fourth-order valence-corrected chi connectivity index (χ4v) is 3.08. The van der Waals surface area contributed by atoms with E-state index in [4.69, 9.17) is 9.47 Å². The topological polar surface area (TPSA) is 67.8 Å². The second kappa shape index (κ2) is 5.99. The van der Waals surface area contributed by atoms with Gasteiger partial charge in [-0.1, -0.05) is 12.8 Å². The lowest BCUT2D eigenvalue weighted by atomic mass is 9.78. The number of ether oxygens (including phenoxy) is 2. The van der Waals surface area contributed by atoms with Gasteiger partial charge in [-0.05, 0) is 25.7 Å². The van der Waals surface area contributed by atoms with Gasteiger partial charge in [-0.25, -0.2) is 0 Å². The maximum Gasteiger partial charge on any atom is 0.326 e. The largest absolute Gasteiger partial charge is 0.480 e. The van der Waals surface area contributed by atoms with Crippen molar-refractivity contribution in [2.75, 3.05) is 20.3 Å². The minimum atomic E-state index is -0.932. The molecule has 0 radical (unpaired) electrons. The fraction of sp³-hybridized carbons (Fsp3) is 0.923. The molecule has 0 aromatic carbocycles. The average molecular weight is 257 g/mol. The van der Waals surface area contributed by atoms with Crippen LogP contribution in [-0.4, -0.2) is 49.1 Å². The monoisotopic (exact) mass is 257 g/mol. The molecule has 2 rings (SSSR count). The minimum absolute atomic E-state index is 0.153. The predicted octanol–water partition coefficient (Wildman–Crippen LogP) is 1.17. The van der Waals surface area contributed by atoms with Crippen LogP contribution in [0.5, 0.6) is 0 Å². The normalized spacial score (nSPS) is 36.7.